The molecule has 2 aromatic rings. The first-order chi connectivity index (χ1) is 9.69. The summed E-state index contributed by atoms with van der Waals surface area (Å²) >= 11 is 0. The van der Waals surface area contributed by atoms with E-state index in [-0.39, 0.29) is 24.0 Å². The Hall–Kier alpha value is -1.24. The quantitative estimate of drug-likeness (QED) is 0.456. The zero-order valence-corrected chi connectivity index (χ0v) is 15.2. The fourth-order valence-electron chi connectivity index (χ4n) is 1.91. The topological polar surface area (TPSA) is 49.6 Å². The molecule has 5 heteroatoms. The van der Waals surface area contributed by atoms with Gasteiger partial charge in [0.05, 0.1) is 0 Å². The van der Waals surface area contributed by atoms with E-state index in [0.29, 0.717) is 12.5 Å². The highest BCUT2D eigenvalue weighted by Gasteiger charge is 2.03. The van der Waals surface area contributed by atoms with Crippen LogP contribution in [0.2, 0.25) is 0 Å². The number of para-hydroxylation sites is 1. The molecule has 1 aromatic heterocycles. The van der Waals surface area contributed by atoms with Gasteiger partial charge >= 0.3 is 0 Å². The van der Waals surface area contributed by atoms with E-state index in [2.05, 4.69) is 36.4 Å². The van der Waals surface area contributed by atoms with Crippen molar-refractivity contribution in [3.63, 3.8) is 0 Å². The minimum atomic E-state index is 0. The van der Waals surface area contributed by atoms with Crippen molar-refractivity contribution < 1.29 is 4.42 Å². The Morgan fingerprint density at radius 3 is 2.67 bits per heavy atom. The van der Waals surface area contributed by atoms with Gasteiger partial charge in [-0.05, 0) is 25.0 Å². The van der Waals surface area contributed by atoms with E-state index in [1.165, 1.54) is 0 Å². The molecule has 1 aromatic carbocycles. The largest absolute Gasteiger partial charge is 0.459 e. The number of guanidine groups is 1. The first-order valence-electron chi connectivity index (χ1n) is 7.18. The predicted octanol–water partition coefficient (Wildman–Crippen LogP) is 3.76. The molecule has 2 rings (SSSR count). The third-order valence-corrected chi connectivity index (χ3v) is 2.89. The van der Waals surface area contributed by atoms with Crippen LogP contribution >= 0.6 is 24.0 Å². The van der Waals surface area contributed by atoms with Crippen LogP contribution in [0.1, 0.15) is 26.5 Å². The van der Waals surface area contributed by atoms with Gasteiger partial charge in [0.2, 0.25) is 0 Å². The average molecular weight is 401 g/mol. The maximum absolute atomic E-state index is 5.76. The number of fused-ring (bicyclic) bond motifs is 1. The molecular weight excluding hydrogens is 377 g/mol. The fraction of sp³-hybridized carbons (Fsp3) is 0.438. The second-order valence-electron chi connectivity index (χ2n) is 5.22. The second kappa shape index (κ2) is 8.92. The van der Waals surface area contributed by atoms with Crippen LogP contribution in [0.4, 0.5) is 0 Å². The number of benzene rings is 1. The lowest BCUT2D eigenvalue weighted by Crippen LogP contribution is -2.39. The lowest BCUT2D eigenvalue weighted by molar-refractivity contribution is 0.550. The van der Waals surface area contributed by atoms with E-state index in [9.17, 15) is 0 Å². The summed E-state index contributed by atoms with van der Waals surface area (Å²) in [6.07, 6.45) is 0. The number of nitrogens with zero attached hydrogens (tertiary/aromatic N) is 1. The van der Waals surface area contributed by atoms with Crippen molar-refractivity contribution in [3.8, 4) is 0 Å². The Morgan fingerprint density at radius 2 is 2.00 bits per heavy atom. The number of furan rings is 1. The Labute approximate surface area is 143 Å². The highest BCUT2D eigenvalue weighted by atomic mass is 127. The van der Waals surface area contributed by atoms with E-state index in [0.717, 1.165) is 35.8 Å². The third-order valence-electron chi connectivity index (χ3n) is 2.89. The molecule has 0 saturated carbocycles. The van der Waals surface area contributed by atoms with Crippen LogP contribution in [0.3, 0.4) is 0 Å². The normalized spacial score (nSPS) is 11.5. The molecule has 4 nitrogen and oxygen atoms in total. The number of hydrogen-bond acceptors (Lipinski definition) is 2. The van der Waals surface area contributed by atoms with Crippen LogP contribution in [0.25, 0.3) is 11.0 Å². The van der Waals surface area contributed by atoms with Gasteiger partial charge in [0.15, 0.2) is 5.96 Å². The number of hydrogen-bond donors (Lipinski definition) is 2. The molecule has 1 heterocycles. The first-order valence-corrected chi connectivity index (χ1v) is 7.18. The van der Waals surface area contributed by atoms with Gasteiger partial charge in [-0.2, -0.15) is 0 Å². The molecule has 0 bridgehead atoms. The Balaban J connectivity index is 0.00000220. The zero-order chi connectivity index (χ0) is 14.4. The molecule has 0 aliphatic rings. The molecule has 0 amide bonds. The highest BCUT2D eigenvalue weighted by molar-refractivity contribution is 14.0. The van der Waals surface area contributed by atoms with Crippen LogP contribution < -0.4 is 10.6 Å². The fourth-order valence-corrected chi connectivity index (χ4v) is 1.91. The lowest BCUT2D eigenvalue weighted by atomic mass is 10.2. The van der Waals surface area contributed by atoms with Crippen LogP contribution in [-0.4, -0.2) is 19.0 Å². The molecule has 0 aliphatic carbocycles. The number of aliphatic imine (C=N–C) groups is 1. The average Bonchev–Trinajstić information content (AvgIpc) is 2.84. The molecule has 0 aliphatic heterocycles. The van der Waals surface area contributed by atoms with E-state index in [4.69, 9.17) is 4.42 Å². The van der Waals surface area contributed by atoms with Gasteiger partial charge in [-0.25, -0.2) is 4.99 Å². The smallest absolute Gasteiger partial charge is 0.191 e. The van der Waals surface area contributed by atoms with Crippen molar-refractivity contribution in [3.05, 3.63) is 36.1 Å². The maximum atomic E-state index is 5.76. The van der Waals surface area contributed by atoms with Crippen LogP contribution in [0.15, 0.2) is 39.7 Å². The molecule has 0 spiro atoms. The van der Waals surface area contributed by atoms with Crippen LogP contribution in [-0.2, 0) is 6.54 Å². The van der Waals surface area contributed by atoms with Gasteiger partial charge in [0.25, 0.3) is 0 Å². The monoisotopic (exact) mass is 401 g/mol. The van der Waals surface area contributed by atoms with E-state index in [1.54, 1.807) is 0 Å². The van der Waals surface area contributed by atoms with Gasteiger partial charge in [-0.3, -0.25) is 0 Å². The minimum Gasteiger partial charge on any atom is -0.459 e. The van der Waals surface area contributed by atoms with Gasteiger partial charge in [-0.15, -0.1) is 24.0 Å². The molecule has 2 N–H and O–H groups in total. The Kier molecular flexibility index (Phi) is 7.56. The van der Waals surface area contributed by atoms with Crippen molar-refractivity contribution in [2.75, 3.05) is 13.1 Å². The van der Waals surface area contributed by atoms with Crippen LogP contribution in [0, 0.1) is 5.92 Å². The van der Waals surface area contributed by atoms with Gasteiger partial charge in [-0.1, -0.05) is 32.0 Å². The minimum absolute atomic E-state index is 0. The standard InChI is InChI=1S/C16H23N3O.HI/c1-4-17-16(18-10-12(2)3)19-11-14-9-13-7-5-6-8-15(13)20-14;/h5-9,12H,4,10-11H2,1-3H3,(H2,17,18,19);1H. The van der Waals surface area contributed by atoms with E-state index >= 15 is 0 Å². The first kappa shape index (κ1) is 17.8. The number of nitrogens with one attached hydrogen (secondary N) is 2. The maximum Gasteiger partial charge on any atom is 0.191 e. The summed E-state index contributed by atoms with van der Waals surface area (Å²) in [6, 6.07) is 10.1. The Bertz CT molecular complexity index is 545. The summed E-state index contributed by atoms with van der Waals surface area (Å²) in [6.45, 7) is 8.72. The molecular formula is C16H24IN3O. The molecule has 0 saturated heterocycles. The van der Waals surface area contributed by atoms with E-state index in [1.807, 2.05) is 30.3 Å². The zero-order valence-electron chi connectivity index (χ0n) is 12.8. The summed E-state index contributed by atoms with van der Waals surface area (Å²) in [5, 5.41) is 7.68. The van der Waals surface area contributed by atoms with Crippen molar-refractivity contribution >= 4 is 40.9 Å². The second-order valence-corrected chi connectivity index (χ2v) is 5.22. The molecule has 0 radical (unpaired) electrons. The summed E-state index contributed by atoms with van der Waals surface area (Å²) in [4.78, 5) is 4.55. The highest BCUT2D eigenvalue weighted by Crippen LogP contribution is 2.19. The van der Waals surface area contributed by atoms with Crippen molar-refractivity contribution in [1.29, 1.82) is 0 Å². The molecule has 0 atom stereocenters. The molecule has 0 fully saturated rings. The third kappa shape index (κ3) is 5.57. The number of halogens is 1. The SMILES string of the molecule is CCNC(=NCc1cc2ccccc2o1)NCC(C)C.I. The number of rotatable bonds is 5. The molecule has 0 unspecified atom stereocenters. The summed E-state index contributed by atoms with van der Waals surface area (Å²) in [5.74, 6) is 2.31. The van der Waals surface area contributed by atoms with Gasteiger partial charge < -0.3 is 15.1 Å². The van der Waals surface area contributed by atoms with Gasteiger partial charge in [0.1, 0.15) is 17.9 Å². The molecule has 21 heavy (non-hydrogen) atoms. The van der Waals surface area contributed by atoms with Gasteiger partial charge in [0, 0.05) is 18.5 Å². The predicted molar refractivity (Wildman–Crippen MR) is 99.3 cm³/mol. The van der Waals surface area contributed by atoms with Crippen molar-refractivity contribution in [2.45, 2.75) is 27.3 Å². The summed E-state index contributed by atoms with van der Waals surface area (Å²) < 4.78 is 5.76. The molecule has 116 valence electrons. The summed E-state index contributed by atoms with van der Waals surface area (Å²) in [5.41, 5.74) is 0.915. The lowest BCUT2D eigenvalue weighted by Gasteiger charge is -2.12. The summed E-state index contributed by atoms with van der Waals surface area (Å²) in [7, 11) is 0. The van der Waals surface area contributed by atoms with Crippen molar-refractivity contribution in [2.24, 2.45) is 10.9 Å². The van der Waals surface area contributed by atoms with Crippen molar-refractivity contribution in [1.82, 2.24) is 10.6 Å². The van der Waals surface area contributed by atoms with Crippen LogP contribution in [0.5, 0.6) is 0 Å². The Morgan fingerprint density at radius 1 is 1.24 bits per heavy atom. The van der Waals surface area contributed by atoms with E-state index < -0.39 is 0 Å².